The Morgan fingerprint density at radius 3 is 2.72 bits per heavy atom. The molecule has 3 rings (SSSR count). The van der Waals surface area contributed by atoms with Gasteiger partial charge in [-0.3, -0.25) is 9.89 Å². The van der Waals surface area contributed by atoms with Crippen molar-refractivity contribution in [2.75, 3.05) is 32.6 Å². The first-order valence-corrected chi connectivity index (χ1v) is 8.88. The summed E-state index contributed by atoms with van der Waals surface area (Å²) in [6, 6.07) is 7.45. The van der Waals surface area contributed by atoms with Gasteiger partial charge in [0.15, 0.2) is 5.69 Å². The Morgan fingerprint density at radius 2 is 1.96 bits per heavy atom. The number of hydrogen-bond donors (Lipinski definition) is 2. The minimum atomic E-state index is -0.152. The van der Waals surface area contributed by atoms with Crippen LogP contribution in [0.5, 0.6) is 5.75 Å². The van der Waals surface area contributed by atoms with Crippen LogP contribution in [0.2, 0.25) is 0 Å². The summed E-state index contributed by atoms with van der Waals surface area (Å²) >= 11 is 0. The van der Waals surface area contributed by atoms with Crippen LogP contribution in [0.4, 0.5) is 5.69 Å². The zero-order chi connectivity index (χ0) is 17.6. The van der Waals surface area contributed by atoms with Gasteiger partial charge in [0.1, 0.15) is 12.4 Å². The minimum absolute atomic E-state index is 0.152. The third kappa shape index (κ3) is 4.60. The van der Waals surface area contributed by atoms with Crippen LogP contribution in [0.15, 0.2) is 24.3 Å². The number of rotatable bonds is 6. The Bertz CT molecular complexity index is 707. The third-order valence-electron chi connectivity index (χ3n) is 4.44. The first kappa shape index (κ1) is 17.5. The molecule has 0 saturated heterocycles. The van der Waals surface area contributed by atoms with Crippen LogP contribution >= 0.6 is 0 Å². The lowest BCUT2D eigenvalue weighted by Crippen LogP contribution is -2.19. The second-order valence-corrected chi connectivity index (χ2v) is 6.72. The van der Waals surface area contributed by atoms with Gasteiger partial charge in [0.05, 0.1) is 0 Å². The van der Waals surface area contributed by atoms with Crippen LogP contribution < -0.4 is 10.1 Å². The van der Waals surface area contributed by atoms with Crippen molar-refractivity contribution in [3.05, 3.63) is 41.2 Å². The molecule has 0 fully saturated rings. The molecule has 0 aliphatic heterocycles. The predicted octanol–water partition coefficient (Wildman–Crippen LogP) is 2.87. The average Bonchev–Trinajstić information content (AvgIpc) is 2.85. The van der Waals surface area contributed by atoms with Crippen molar-refractivity contribution in [3.63, 3.8) is 0 Å². The summed E-state index contributed by atoms with van der Waals surface area (Å²) in [5.74, 6) is 0.647. The van der Waals surface area contributed by atoms with Crippen molar-refractivity contribution < 1.29 is 9.53 Å². The number of benzene rings is 1. The van der Waals surface area contributed by atoms with Crippen LogP contribution in [0.1, 0.15) is 41.0 Å². The van der Waals surface area contributed by atoms with Crippen LogP contribution in [-0.4, -0.2) is 48.3 Å². The summed E-state index contributed by atoms with van der Waals surface area (Å²) in [6.45, 7) is 1.50. The number of carbonyl (C=O) groups is 1. The van der Waals surface area contributed by atoms with Crippen LogP contribution in [0, 0.1) is 0 Å². The molecule has 1 aromatic heterocycles. The monoisotopic (exact) mass is 342 g/mol. The number of ether oxygens (including phenoxy) is 1. The molecule has 1 aliphatic rings. The second-order valence-electron chi connectivity index (χ2n) is 6.72. The third-order valence-corrected chi connectivity index (χ3v) is 4.44. The number of likely N-dealkylation sites (N-methyl/N-ethyl adjacent to an activating group) is 1. The van der Waals surface area contributed by atoms with Gasteiger partial charge in [-0.1, -0.05) is 6.42 Å². The Hall–Kier alpha value is -2.34. The second kappa shape index (κ2) is 8.16. The number of aromatic amines is 1. The molecule has 1 heterocycles. The summed E-state index contributed by atoms with van der Waals surface area (Å²) in [5.41, 5.74) is 3.48. The Balaban J connectivity index is 1.60. The number of hydrogen-bond acceptors (Lipinski definition) is 4. The normalized spacial score (nSPS) is 14.0. The Morgan fingerprint density at radius 1 is 1.20 bits per heavy atom. The van der Waals surface area contributed by atoms with Crippen molar-refractivity contribution in [2.45, 2.75) is 32.1 Å². The van der Waals surface area contributed by atoms with E-state index in [1.807, 2.05) is 38.4 Å². The van der Waals surface area contributed by atoms with E-state index in [1.165, 1.54) is 6.42 Å². The van der Waals surface area contributed by atoms with Crippen molar-refractivity contribution >= 4 is 11.6 Å². The molecular formula is C19H26N4O2. The molecule has 1 amide bonds. The lowest BCUT2D eigenvalue weighted by molar-refractivity contribution is 0.102. The van der Waals surface area contributed by atoms with E-state index in [4.69, 9.17) is 4.74 Å². The van der Waals surface area contributed by atoms with E-state index < -0.39 is 0 Å². The van der Waals surface area contributed by atoms with E-state index in [2.05, 4.69) is 20.4 Å². The van der Waals surface area contributed by atoms with Gasteiger partial charge in [0.2, 0.25) is 0 Å². The number of carbonyl (C=O) groups excluding carboxylic acids is 1. The number of anilines is 1. The van der Waals surface area contributed by atoms with Crippen LogP contribution in [-0.2, 0) is 12.8 Å². The van der Waals surface area contributed by atoms with Crippen molar-refractivity contribution in [2.24, 2.45) is 0 Å². The highest BCUT2D eigenvalue weighted by molar-refractivity contribution is 6.04. The quantitative estimate of drug-likeness (QED) is 0.792. The molecule has 1 aromatic carbocycles. The molecule has 25 heavy (non-hydrogen) atoms. The lowest BCUT2D eigenvalue weighted by Gasteiger charge is -2.11. The highest BCUT2D eigenvalue weighted by Crippen LogP contribution is 2.23. The van der Waals surface area contributed by atoms with Gasteiger partial charge in [-0.05, 0) is 64.0 Å². The number of H-pyrrole nitrogens is 1. The van der Waals surface area contributed by atoms with Crippen LogP contribution in [0.3, 0.4) is 0 Å². The van der Waals surface area contributed by atoms with Gasteiger partial charge in [0.25, 0.3) is 5.91 Å². The van der Waals surface area contributed by atoms with Crippen LogP contribution in [0.25, 0.3) is 0 Å². The van der Waals surface area contributed by atoms with E-state index in [1.54, 1.807) is 0 Å². The summed E-state index contributed by atoms with van der Waals surface area (Å²) in [6.07, 6.45) is 5.39. The molecule has 0 radical (unpaired) electrons. The maximum absolute atomic E-state index is 12.6. The molecule has 134 valence electrons. The molecule has 6 nitrogen and oxygen atoms in total. The van der Waals surface area contributed by atoms with Crippen molar-refractivity contribution in [1.29, 1.82) is 0 Å². The minimum Gasteiger partial charge on any atom is -0.492 e. The van der Waals surface area contributed by atoms with Gasteiger partial charge in [0, 0.05) is 23.5 Å². The lowest BCUT2D eigenvalue weighted by atomic mass is 10.1. The predicted molar refractivity (Wildman–Crippen MR) is 98.3 cm³/mol. The Labute approximate surface area is 148 Å². The molecule has 0 unspecified atom stereocenters. The maximum atomic E-state index is 12.6. The summed E-state index contributed by atoms with van der Waals surface area (Å²) in [7, 11) is 4.02. The fourth-order valence-corrected chi connectivity index (χ4v) is 3.02. The fourth-order valence-electron chi connectivity index (χ4n) is 3.02. The molecule has 6 heteroatoms. The smallest absolute Gasteiger partial charge is 0.276 e. The van der Waals surface area contributed by atoms with Gasteiger partial charge < -0.3 is 15.0 Å². The molecular weight excluding hydrogens is 316 g/mol. The zero-order valence-corrected chi connectivity index (χ0v) is 15.0. The van der Waals surface area contributed by atoms with E-state index >= 15 is 0 Å². The fraction of sp³-hybridized carbons (Fsp3) is 0.474. The molecule has 0 atom stereocenters. The molecule has 2 N–H and O–H groups in total. The zero-order valence-electron chi connectivity index (χ0n) is 15.0. The van der Waals surface area contributed by atoms with Crippen molar-refractivity contribution in [1.82, 2.24) is 15.1 Å². The molecule has 1 aliphatic carbocycles. The number of aryl methyl sites for hydroxylation is 1. The average molecular weight is 342 g/mol. The maximum Gasteiger partial charge on any atom is 0.276 e. The first-order valence-electron chi connectivity index (χ1n) is 8.88. The van der Waals surface area contributed by atoms with Gasteiger partial charge in [-0.2, -0.15) is 5.10 Å². The highest BCUT2D eigenvalue weighted by atomic mass is 16.5. The molecule has 2 aromatic rings. The number of fused-ring (bicyclic) bond motifs is 1. The summed E-state index contributed by atoms with van der Waals surface area (Å²) in [4.78, 5) is 14.6. The number of nitrogens with one attached hydrogen (secondary N) is 2. The number of nitrogens with zero attached hydrogens (tertiary/aromatic N) is 2. The Kier molecular flexibility index (Phi) is 5.71. The number of aromatic nitrogens is 2. The van der Waals surface area contributed by atoms with Gasteiger partial charge in [-0.25, -0.2) is 0 Å². The standard InChI is InChI=1S/C19H26N4O2/c1-23(2)12-13-25-15-10-8-14(9-11-15)20-19(24)18-16-6-4-3-5-7-17(16)21-22-18/h8-11H,3-7,12-13H2,1-2H3,(H,20,24)(H,21,22). The van der Waals surface area contributed by atoms with E-state index in [-0.39, 0.29) is 5.91 Å². The highest BCUT2D eigenvalue weighted by Gasteiger charge is 2.20. The number of amides is 1. The van der Waals surface area contributed by atoms with Gasteiger partial charge in [-0.15, -0.1) is 0 Å². The van der Waals surface area contributed by atoms with E-state index in [0.717, 1.165) is 54.9 Å². The largest absolute Gasteiger partial charge is 0.492 e. The molecule has 0 bridgehead atoms. The first-order chi connectivity index (χ1) is 12.1. The SMILES string of the molecule is CN(C)CCOc1ccc(NC(=O)c2n[nH]c3c2CCCCC3)cc1. The topological polar surface area (TPSA) is 70.2 Å². The van der Waals surface area contributed by atoms with Gasteiger partial charge >= 0.3 is 0 Å². The molecule has 0 saturated carbocycles. The summed E-state index contributed by atoms with van der Waals surface area (Å²) in [5, 5.41) is 10.2. The van der Waals surface area contributed by atoms with E-state index in [0.29, 0.717) is 12.3 Å². The molecule has 0 spiro atoms. The van der Waals surface area contributed by atoms with E-state index in [9.17, 15) is 4.79 Å². The summed E-state index contributed by atoms with van der Waals surface area (Å²) < 4.78 is 5.67. The van der Waals surface area contributed by atoms with Crippen molar-refractivity contribution in [3.8, 4) is 5.75 Å².